The zero-order valence-electron chi connectivity index (χ0n) is 11.2. The number of alkyl halides is 4. The third-order valence-electron chi connectivity index (χ3n) is 3.05. The summed E-state index contributed by atoms with van der Waals surface area (Å²) in [5.74, 6) is -3.88. The van der Waals surface area contributed by atoms with Crippen LogP contribution in [0.4, 0.5) is 17.6 Å². The summed E-state index contributed by atoms with van der Waals surface area (Å²) in [6.45, 7) is -1.19. The Morgan fingerprint density at radius 1 is 1.48 bits per heavy atom. The average Bonchev–Trinajstić information content (AvgIpc) is 3.06. The lowest BCUT2D eigenvalue weighted by atomic mass is 10.2. The number of hydrogen-bond acceptors (Lipinski definition) is 6. The maximum absolute atomic E-state index is 12.6. The van der Waals surface area contributed by atoms with Crippen LogP contribution >= 0.6 is 0 Å². The molecule has 0 aliphatic carbocycles. The Labute approximate surface area is 117 Å². The molecule has 0 radical (unpaired) electrons. The molecule has 6 nitrogen and oxygen atoms in total. The van der Waals surface area contributed by atoms with Gasteiger partial charge in [-0.25, -0.2) is 8.78 Å². The molecule has 1 aromatic rings. The summed E-state index contributed by atoms with van der Waals surface area (Å²) in [6.07, 6.45) is -3.10. The van der Waals surface area contributed by atoms with Gasteiger partial charge in [-0.3, -0.25) is 0 Å². The van der Waals surface area contributed by atoms with Crippen molar-refractivity contribution in [2.24, 2.45) is 0 Å². The molecule has 2 atom stereocenters. The Kier molecular flexibility index (Phi) is 5.12. The lowest BCUT2D eigenvalue weighted by Crippen LogP contribution is -2.32. The number of halogens is 4. The Balaban J connectivity index is 1.81. The van der Waals surface area contributed by atoms with Crippen molar-refractivity contribution in [3.63, 3.8) is 0 Å². The maximum atomic E-state index is 12.6. The molecule has 21 heavy (non-hydrogen) atoms. The molecule has 0 bridgehead atoms. The monoisotopic (exact) mass is 313 g/mol. The van der Waals surface area contributed by atoms with Crippen molar-refractivity contribution in [1.29, 1.82) is 0 Å². The van der Waals surface area contributed by atoms with Crippen molar-refractivity contribution < 1.29 is 31.6 Å². The lowest BCUT2D eigenvalue weighted by molar-refractivity contribution is -0.168. The van der Waals surface area contributed by atoms with Crippen LogP contribution in [-0.2, 0) is 16.1 Å². The Morgan fingerprint density at radius 3 is 2.86 bits per heavy atom. The SMILES string of the molecule is COC1CNC(c2nc(COCC(F)(F)C(F)F)no2)C1. The van der Waals surface area contributed by atoms with Crippen LogP contribution in [0, 0.1) is 0 Å². The molecule has 1 fully saturated rings. The van der Waals surface area contributed by atoms with Crippen molar-refractivity contribution in [2.75, 3.05) is 20.3 Å². The highest BCUT2D eigenvalue weighted by Crippen LogP contribution is 2.24. The highest BCUT2D eigenvalue weighted by atomic mass is 19.3. The molecule has 1 saturated heterocycles. The first kappa shape index (κ1) is 16.1. The van der Waals surface area contributed by atoms with Gasteiger partial charge in [0.05, 0.1) is 12.1 Å². The largest absolute Gasteiger partial charge is 0.380 e. The van der Waals surface area contributed by atoms with Gasteiger partial charge in [0.15, 0.2) is 5.82 Å². The Hall–Kier alpha value is -1.26. The van der Waals surface area contributed by atoms with Gasteiger partial charge in [-0.1, -0.05) is 5.16 Å². The summed E-state index contributed by atoms with van der Waals surface area (Å²) in [6, 6.07) is -0.182. The molecule has 1 aromatic heterocycles. The van der Waals surface area contributed by atoms with Gasteiger partial charge in [-0.2, -0.15) is 13.8 Å². The fourth-order valence-electron chi connectivity index (χ4n) is 1.88. The predicted molar refractivity (Wildman–Crippen MR) is 61.1 cm³/mol. The van der Waals surface area contributed by atoms with E-state index in [1.54, 1.807) is 7.11 Å². The van der Waals surface area contributed by atoms with E-state index in [4.69, 9.17) is 9.26 Å². The Bertz CT molecular complexity index is 458. The Morgan fingerprint density at radius 2 is 2.24 bits per heavy atom. The number of nitrogens with zero attached hydrogens (tertiary/aromatic N) is 2. The van der Waals surface area contributed by atoms with Crippen molar-refractivity contribution in [3.05, 3.63) is 11.7 Å². The summed E-state index contributed by atoms with van der Waals surface area (Å²) in [4.78, 5) is 3.97. The number of methoxy groups -OCH3 is 1. The van der Waals surface area contributed by atoms with Crippen LogP contribution in [0.2, 0.25) is 0 Å². The van der Waals surface area contributed by atoms with Gasteiger partial charge in [0.2, 0.25) is 5.89 Å². The highest BCUT2D eigenvalue weighted by Gasteiger charge is 2.41. The van der Waals surface area contributed by atoms with Gasteiger partial charge in [0, 0.05) is 13.7 Å². The van der Waals surface area contributed by atoms with Crippen LogP contribution in [0.15, 0.2) is 4.52 Å². The molecular formula is C11H15F4N3O3. The van der Waals surface area contributed by atoms with E-state index in [1.807, 2.05) is 0 Å². The molecular weight excluding hydrogens is 298 g/mol. The standard InChI is InChI=1S/C11H15F4N3O3/c1-19-6-2-7(16-3-6)9-17-8(18-21-9)4-20-5-11(14,15)10(12)13/h6-7,10,16H,2-5H2,1H3. The molecule has 0 amide bonds. The van der Waals surface area contributed by atoms with Gasteiger partial charge in [0.25, 0.3) is 0 Å². The molecule has 0 spiro atoms. The van der Waals surface area contributed by atoms with E-state index in [0.717, 1.165) is 0 Å². The predicted octanol–water partition coefficient (Wildman–Crippen LogP) is 1.54. The van der Waals surface area contributed by atoms with Crippen LogP contribution in [0.1, 0.15) is 24.2 Å². The van der Waals surface area contributed by atoms with Gasteiger partial charge in [0.1, 0.15) is 13.2 Å². The van der Waals surface area contributed by atoms with Crippen molar-refractivity contribution in [2.45, 2.75) is 37.5 Å². The molecule has 0 saturated carbocycles. The zero-order valence-corrected chi connectivity index (χ0v) is 11.2. The number of nitrogens with one attached hydrogen (secondary N) is 1. The normalized spacial score (nSPS) is 23.1. The van der Waals surface area contributed by atoms with Gasteiger partial charge in [-0.05, 0) is 6.42 Å². The summed E-state index contributed by atoms with van der Waals surface area (Å²) >= 11 is 0. The molecule has 2 unspecified atom stereocenters. The van der Waals surface area contributed by atoms with Crippen molar-refractivity contribution in [1.82, 2.24) is 15.5 Å². The van der Waals surface area contributed by atoms with E-state index in [9.17, 15) is 17.6 Å². The summed E-state index contributed by atoms with van der Waals surface area (Å²) in [7, 11) is 1.59. The molecule has 10 heteroatoms. The quantitative estimate of drug-likeness (QED) is 0.770. The fraction of sp³-hybridized carbons (Fsp3) is 0.818. The molecule has 1 aliphatic rings. The highest BCUT2D eigenvalue weighted by molar-refractivity contribution is 4.97. The van der Waals surface area contributed by atoms with E-state index in [0.29, 0.717) is 13.0 Å². The van der Waals surface area contributed by atoms with E-state index >= 15 is 0 Å². The van der Waals surface area contributed by atoms with Crippen LogP contribution in [0.3, 0.4) is 0 Å². The van der Waals surface area contributed by atoms with Crippen LogP contribution in [0.25, 0.3) is 0 Å². The third-order valence-corrected chi connectivity index (χ3v) is 3.05. The summed E-state index contributed by atoms with van der Waals surface area (Å²) in [5.41, 5.74) is 0. The summed E-state index contributed by atoms with van der Waals surface area (Å²) < 4.78 is 63.7. The number of hydrogen-bond donors (Lipinski definition) is 1. The lowest BCUT2D eigenvalue weighted by Gasteiger charge is -2.14. The van der Waals surface area contributed by atoms with Gasteiger partial charge >= 0.3 is 12.3 Å². The average molecular weight is 313 g/mol. The number of aromatic nitrogens is 2. The minimum absolute atomic E-state index is 0.0257. The first-order valence-electron chi connectivity index (χ1n) is 6.24. The second-order valence-corrected chi connectivity index (χ2v) is 4.66. The number of rotatable bonds is 7. The minimum Gasteiger partial charge on any atom is -0.380 e. The van der Waals surface area contributed by atoms with E-state index in [-0.39, 0.29) is 23.9 Å². The topological polar surface area (TPSA) is 69.4 Å². The van der Waals surface area contributed by atoms with Gasteiger partial charge in [-0.15, -0.1) is 0 Å². The van der Waals surface area contributed by atoms with E-state index in [1.165, 1.54) is 0 Å². The van der Waals surface area contributed by atoms with Crippen LogP contribution in [0.5, 0.6) is 0 Å². The molecule has 2 heterocycles. The van der Waals surface area contributed by atoms with Crippen molar-refractivity contribution in [3.8, 4) is 0 Å². The smallest absolute Gasteiger partial charge is 0.330 e. The molecule has 120 valence electrons. The molecule has 1 N–H and O–H groups in total. The zero-order chi connectivity index (χ0) is 15.5. The van der Waals surface area contributed by atoms with Crippen LogP contribution < -0.4 is 5.32 Å². The molecule has 2 rings (SSSR count). The third kappa shape index (κ3) is 4.11. The summed E-state index contributed by atoms with van der Waals surface area (Å²) in [5, 5.41) is 6.65. The number of ether oxygens (including phenoxy) is 2. The van der Waals surface area contributed by atoms with Crippen molar-refractivity contribution >= 4 is 0 Å². The first-order valence-corrected chi connectivity index (χ1v) is 6.24. The van der Waals surface area contributed by atoms with E-state index in [2.05, 4.69) is 20.2 Å². The van der Waals surface area contributed by atoms with Gasteiger partial charge < -0.3 is 19.3 Å². The second kappa shape index (κ2) is 6.67. The fourth-order valence-corrected chi connectivity index (χ4v) is 1.88. The molecule has 0 aromatic carbocycles. The minimum atomic E-state index is -4.19. The van der Waals surface area contributed by atoms with Crippen LogP contribution in [-0.4, -0.2) is 48.9 Å². The first-order chi connectivity index (χ1) is 9.92. The maximum Gasteiger partial charge on any atom is 0.330 e. The van der Waals surface area contributed by atoms with E-state index < -0.39 is 25.6 Å². The molecule has 1 aliphatic heterocycles. The second-order valence-electron chi connectivity index (χ2n) is 4.66.